The van der Waals surface area contributed by atoms with Crippen molar-refractivity contribution in [1.82, 2.24) is 14.8 Å². The molecule has 168 valence electrons. The number of nitrogens with one attached hydrogen (secondary N) is 1. The fourth-order valence-electron chi connectivity index (χ4n) is 3.72. The van der Waals surface area contributed by atoms with Gasteiger partial charge in [-0.1, -0.05) is 12.5 Å². The van der Waals surface area contributed by atoms with Gasteiger partial charge in [-0.15, -0.1) is 10.2 Å². The summed E-state index contributed by atoms with van der Waals surface area (Å²) in [4.78, 5) is 12.8. The average Bonchev–Trinajstić information content (AvgIpc) is 3.02. The smallest absolute Gasteiger partial charge is 0.387 e. The number of aromatic nitrogens is 3. The summed E-state index contributed by atoms with van der Waals surface area (Å²) in [6.07, 6.45) is 3.78. The van der Waals surface area contributed by atoms with Gasteiger partial charge in [0.15, 0.2) is 17.3 Å². The SMILES string of the molecule is COc1cccc(C(=O)Nc2ccc(F)c(-c3nnc4n3CCCCC4)c2)c1OC(F)F. The Morgan fingerprint density at radius 3 is 2.78 bits per heavy atom. The number of alkyl halides is 2. The lowest BCUT2D eigenvalue weighted by molar-refractivity contribution is -0.0515. The predicted octanol–water partition coefficient (Wildman–Crippen LogP) is 4.67. The predicted molar refractivity (Wildman–Crippen MR) is 111 cm³/mol. The van der Waals surface area contributed by atoms with Crippen molar-refractivity contribution in [2.75, 3.05) is 12.4 Å². The second kappa shape index (κ2) is 9.29. The summed E-state index contributed by atoms with van der Waals surface area (Å²) in [5.74, 6) is -0.422. The quantitative estimate of drug-likeness (QED) is 0.595. The van der Waals surface area contributed by atoms with Crippen molar-refractivity contribution in [3.05, 3.63) is 53.6 Å². The number of methoxy groups -OCH3 is 1. The van der Waals surface area contributed by atoms with Gasteiger partial charge in [0.25, 0.3) is 5.91 Å². The topological polar surface area (TPSA) is 78.3 Å². The first-order valence-corrected chi connectivity index (χ1v) is 10.1. The molecular formula is C22H21F3N4O3. The summed E-state index contributed by atoms with van der Waals surface area (Å²) in [6.45, 7) is -2.45. The molecule has 0 saturated heterocycles. The zero-order valence-corrected chi connectivity index (χ0v) is 17.3. The molecule has 1 aliphatic heterocycles. The number of nitrogens with zero attached hydrogens (tertiary/aromatic N) is 3. The van der Waals surface area contributed by atoms with Crippen LogP contribution in [0.1, 0.15) is 35.4 Å². The summed E-state index contributed by atoms with van der Waals surface area (Å²) in [6, 6.07) is 8.26. The number of rotatable bonds is 6. The van der Waals surface area contributed by atoms with E-state index in [1.807, 2.05) is 4.57 Å². The number of ether oxygens (including phenoxy) is 2. The Kier molecular flexibility index (Phi) is 6.29. The summed E-state index contributed by atoms with van der Waals surface area (Å²) in [5.41, 5.74) is 0.313. The van der Waals surface area contributed by atoms with Crippen LogP contribution < -0.4 is 14.8 Å². The van der Waals surface area contributed by atoms with Crippen LogP contribution in [-0.4, -0.2) is 34.4 Å². The van der Waals surface area contributed by atoms with E-state index in [9.17, 15) is 18.0 Å². The summed E-state index contributed by atoms with van der Waals surface area (Å²) in [7, 11) is 1.28. The van der Waals surface area contributed by atoms with Gasteiger partial charge in [0.05, 0.1) is 18.2 Å². The molecule has 0 atom stereocenters. The van der Waals surface area contributed by atoms with E-state index in [2.05, 4.69) is 20.3 Å². The molecule has 0 radical (unpaired) electrons. The Morgan fingerprint density at radius 1 is 1.16 bits per heavy atom. The lowest BCUT2D eigenvalue weighted by Gasteiger charge is -2.15. The summed E-state index contributed by atoms with van der Waals surface area (Å²) < 4.78 is 51.8. The zero-order valence-electron chi connectivity index (χ0n) is 17.3. The van der Waals surface area contributed by atoms with Crippen LogP contribution in [0.4, 0.5) is 18.9 Å². The van der Waals surface area contributed by atoms with Gasteiger partial charge in [-0.05, 0) is 43.2 Å². The van der Waals surface area contributed by atoms with E-state index in [4.69, 9.17) is 4.74 Å². The molecule has 0 unspecified atom stereocenters. The van der Waals surface area contributed by atoms with Crippen LogP contribution in [0.25, 0.3) is 11.4 Å². The molecule has 0 fully saturated rings. The van der Waals surface area contributed by atoms with Crippen molar-refractivity contribution < 1.29 is 27.4 Å². The van der Waals surface area contributed by atoms with Crippen LogP contribution >= 0.6 is 0 Å². The third-order valence-electron chi connectivity index (χ3n) is 5.23. The van der Waals surface area contributed by atoms with Gasteiger partial charge in [0.2, 0.25) is 0 Å². The maximum atomic E-state index is 14.7. The largest absolute Gasteiger partial charge is 0.493 e. The maximum Gasteiger partial charge on any atom is 0.387 e. The molecule has 1 amide bonds. The highest BCUT2D eigenvalue weighted by Crippen LogP contribution is 2.33. The summed E-state index contributed by atoms with van der Waals surface area (Å²) in [5, 5.41) is 10.9. The monoisotopic (exact) mass is 446 g/mol. The van der Waals surface area contributed by atoms with E-state index in [0.29, 0.717) is 12.4 Å². The van der Waals surface area contributed by atoms with Crippen LogP contribution in [0.3, 0.4) is 0 Å². The molecule has 10 heteroatoms. The van der Waals surface area contributed by atoms with Gasteiger partial charge in [-0.2, -0.15) is 8.78 Å². The van der Waals surface area contributed by atoms with Crippen LogP contribution in [0.5, 0.6) is 11.5 Å². The Labute approximate surface area is 182 Å². The molecule has 0 saturated carbocycles. The zero-order chi connectivity index (χ0) is 22.7. The second-order valence-corrected chi connectivity index (χ2v) is 7.27. The first kappa shape index (κ1) is 21.7. The number of aryl methyl sites for hydroxylation is 1. The molecule has 1 aromatic heterocycles. The van der Waals surface area contributed by atoms with Gasteiger partial charge in [-0.25, -0.2) is 4.39 Å². The van der Waals surface area contributed by atoms with Crippen LogP contribution in [0.15, 0.2) is 36.4 Å². The van der Waals surface area contributed by atoms with Crippen molar-refractivity contribution >= 4 is 11.6 Å². The molecule has 32 heavy (non-hydrogen) atoms. The number of benzene rings is 2. The molecule has 4 rings (SSSR count). The first-order chi connectivity index (χ1) is 15.5. The Morgan fingerprint density at radius 2 is 2.00 bits per heavy atom. The minimum atomic E-state index is -3.14. The number of carbonyl (C=O) groups excluding carboxylic acids is 1. The minimum absolute atomic E-state index is 0.0103. The molecule has 3 aromatic rings. The number of carbonyl (C=O) groups is 1. The fourth-order valence-corrected chi connectivity index (χ4v) is 3.72. The van der Waals surface area contributed by atoms with Crippen molar-refractivity contribution in [2.24, 2.45) is 0 Å². The van der Waals surface area contributed by atoms with Gasteiger partial charge >= 0.3 is 6.61 Å². The number of anilines is 1. The average molecular weight is 446 g/mol. The van der Waals surface area contributed by atoms with E-state index in [1.165, 1.54) is 43.5 Å². The standard InChI is InChI=1S/C22H21F3N4O3/c1-31-17-7-5-6-14(19(17)32-22(24)25)21(30)26-13-9-10-16(23)15(12-13)20-28-27-18-8-3-2-4-11-29(18)20/h5-7,9-10,12,22H,2-4,8,11H2,1H3,(H,26,30). The van der Waals surface area contributed by atoms with Gasteiger partial charge in [0, 0.05) is 18.7 Å². The highest BCUT2D eigenvalue weighted by Gasteiger charge is 2.22. The molecule has 1 aliphatic rings. The molecule has 0 spiro atoms. The number of amides is 1. The van der Waals surface area contributed by atoms with Crippen LogP contribution in [0, 0.1) is 5.82 Å². The van der Waals surface area contributed by atoms with Crippen molar-refractivity contribution in [3.8, 4) is 22.9 Å². The minimum Gasteiger partial charge on any atom is -0.493 e. The molecule has 7 nitrogen and oxygen atoms in total. The van der Waals surface area contributed by atoms with E-state index in [1.54, 1.807) is 0 Å². The highest BCUT2D eigenvalue weighted by atomic mass is 19.3. The van der Waals surface area contributed by atoms with Crippen molar-refractivity contribution in [2.45, 2.75) is 38.8 Å². The van der Waals surface area contributed by atoms with Crippen molar-refractivity contribution in [3.63, 3.8) is 0 Å². The fraction of sp³-hybridized carbons (Fsp3) is 0.318. The highest BCUT2D eigenvalue weighted by molar-refractivity contribution is 6.07. The van der Waals surface area contributed by atoms with Crippen LogP contribution in [0.2, 0.25) is 0 Å². The van der Waals surface area contributed by atoms with Gasteiger partial charge < -0.3 is 19.4 Å². The van der Waals surface area contributed by atoms with E-state index < -0.39 is 18.3 Å². The number of fused-ring (bicyclic) bond motifs is 1. The lowest BCUT2D eigenvalue weighted by Crippen LogP contribution is -2.16. The molecule has 2 heterocycles. The van der Waals surface area contributed by atoms with Gasteiger partial charge in [0.1, 0.15) is 11.6 Å². The number of para-hydroxylation sites is 1. The van der Waals surface area contributed by atoms with E-state index >= 15 is 0 Å². The van der Waals surface area contributed by atoms with Gasteiger partial charge in [-0.3, -0.25) is 4.79 Å². The van der Waals surface area contributed by atoms with E-state index in [-0.39, 0.29) is 28.3 Å². The third kappa shape index (κ3) is 4.39. The molecule has 0 bridgehead atoms. The normalized spacial score (nSPS) is 13.4. The lowest BCUT2D eigenvalue weighted by atomic mass is 10.1. The Hall–Kier alpha value is -3.56. The molecule has 2 aromatic carbocycles. The van der Waals surface area contributed by atoms with Crippen LogP contribution in [-0.2, 0) is 13.0 Å². The second-order valence-electron chi connectivity index (χ2n) is 7.27. The Bertz CT molecular complexity index is 1130. The number of hydrogen-bond donors (Lipinski definition) is 1. The molecular weight excluding hydrogens is 425 g/mol. The third-order valence-corrected chi connectivity index (χ3v) is 5.23. The number of hydrogen-bond acceptors (Lipinski definition) is 5. The van der Waals surface area contributed by atoms with Crippen molar-refractivity contribution in [1.29, 1.82) is 0 Å². The molecule has 1 N–H and O–H groups in total. The maximum absolute atomic E-state index is 14.7. The number of halogens is 3. The Balaban J connectivity index is 1.65. The molecule has 0 aliphatic carbocycles. The van der Waals surface area contributed by atoms with E-state index in [0.717, 1.165) is 31.5 Å². The summed E-state index contributed by atoms with van der Waals surface area (Å²) >= 11 is 0. The first-order valence-electron chi connectivity index (χ1n) is 10.1.